The Morgan fingerprint density at radius 1 is 0.871 bits per heavy atom. The summed E-state index contributed by atoms with van der Waals surface area (Å²) in [7, 11) is 3.26. The summed E-state index contributed by atoms with van der Waals surface area (Å²) < 4.78 is 11.2. The first-order valence-corrected chi connectivity index (χ1v) is 10.5. The molecule has 31 heavy (non-hydrogen) atoms. The molecule has 2 heterocycles. The van der Waals surface area contributed by atoms with Crippen molar-refractivity contribution in [3.8, 4) is 11.5 Å². The van der Waals surface area contributed by atoms with Gasteiger partial charge >= 0.3 is 0 Å². The highest BCUT2D eigenvalue weighted by Crippen LogP contribution is 2.42. The number of benzene rings is 1. The van der Waals surface area contributed by atoms with E-state index < -0.39 is 0 Å². The molecule has 0 radical (unpaired) electrons. The van der Waals surface area contributed by atoms with Gasteiger partial charge in [-0.3, -0.25) is 9.59 Å². The van der Waals surface area contributed by atoms with Gasteiger partial charge in [0, 0.05) is 17.0 Å². The Kier molecular flexibility index (Phi) is 6.68. The van der Waals surface area contributed by atoms with Gasteiger partial charge in [-0.25, -0.2) is 0 Å². The number of hydrogen-bond acceptors (Lipinski definition) is 4. The Morgan fingerprint density at radius 2 is 1.39 bits per heavy atom. The second-order valence-electron chi connectivity index (χ2n) is 7.60. The van der Waals surface area contributed by atoms with Crippen LogP contribution in [0.15, 0.2) is 18.2 Å². The van der Waals surface area contributed by atoms with E-state index in [-0.39, 0.29) is 5.92 Å². The highest BCUT2D eigenvalue weighted by molar-refractivity contribution is 5.78. The first-order chi connectivity index (χ1) is 14.9. The molecule has 0 aliphatic heterocycles. The van der Waals surface area contributed by atoms with Crippen LogP contribution in [0.3, 0.4) is 0 Å². The van der Waals surface area contributed by atoms with Crippen LogP contribution in [0, 0.1) is 13.8 Å². The lowest BCUT2D eigenvalue weighted by Crippen LogP contribution is -2.10. The van der Waals surface area contributed by atoms with Gasteiger partial charge < -0.3 is 19.4 Å². The van der Waals surface area contributed by atoms with Crippen LogP contribution in [0.4, 0.5) is 0 Å². The molecular weight excluding hydrogens is 392 g/mol. The van der Waals surface area contributed by atoms with Crippen molar-refractivity contribution < 1.29 is 19.1 Å². The van der Waals surface area contributed by atoms with E-state index in [2.05, 4.69) is 9.97 Å². The molecule has 3 aromatic rings. The van der Waals surface area contributed by atoms with Gasteiger partial charge in [0.1, 0.15) is 11.5 Å². The largest absolute Gasteiger partial charge is 0.497 e. The predicted octanol–water partition coefficient (Wildman–Crippen LogP) is 4.91. The molecule has 164 valence electrons. The quantitative estimate of drug-likeness (QED) is 0.480. The van der Waals surface area contributed by atoms with E-state index in [4.69, 9.17) is 9.47 Å². The molecule has 3 rings (SSSR count). The standard InChI is InChI=1S/C25H30N2O4/c1-7-17-14(3)24(26-20(17)12-28)23(19-11-16(30-5)9-10-22(19)31-6)25-15(4)18(8-2)21(13-29)27-25/h9-13,23,26-27H,7-8H2,1-6H3. The van der Waals surface area contributed by atoms with E-state index in [1.54, 1.807) is 14.2 Å². The van der Waals surface area contributed by atoms with Crippen LogP contribution in [-0.4, -0.2) is 36.8 Å². The average molecular weight is 423 g/mol. The third-order valence-electron chi connectivity index (χ3n) is 6.17. The minimum absolute atomic E-state index is 0.303. The lowest BCUT2D eigenvalue weighted by molar-refractivity contribution is 0.111. The summed E-state index contributed by atoms with van der Waals surface area (Å²) >= 11 is 0. The normalized spacial score (nSPS) is 11.1. The highest BCUT2D eigenvalue weighted by Gasteiger charge is 2.30. The molecule has 0 aliphatic rings. The fourth-order valence-corrected chi connectivity index (χ4v) is 4.57. The molecule has 0 bridgehead atoms. The zero-order valence-corrected chi connectivity index (χ0v) is 19.0. The first kappa shape index (κ1) is 22.4. The van der Waals surface area contributed by atoms with Gasteiger partial charge in [-0.15, -0.1) is 0 Å². The molecule has 2 aromatic heterocycles. The molecule has 6 nitrogen and oxygen atoms in total. The Bertz CT molecular complexity index is 1050. The summed E-state index contributed by atoms with van der Waals surface area (Å²) in [5.41, 5.74) is 7.88. The molecule has 0 aliphatic carbocycles. The monoisotopic (exact) mass is 422 g/mol. The van der Waals surface area contributed by atoms with E-state index >= 15 is 0 Å². The van der Waals surface area contributed by atoms with Crippen LogP contribution in [-0.2, 0) is 12.8 Å². The smallest absolute Gasteiger partial charge is 0.166 e. The Balaban J connectivity index is 2.40. The molecule has 0 saturated heterocycles. The average Bonchev–Trinajstić information content (AvgIpc) is 3.29. The zero-order valence-electron chi connectivity index (χ0n) is 19.0. The number of methoxy groups -OCH3 is 2. The zero-order chi connectivity index (χ0) is 22.7. The lowest BCUT2D eigenvalue weighted by atomic mass is 9.86. The fourth-order valence-electron chi connectivity index (χ4n) is 4.57. The van der Waals surface area contributed by atoms with Crippen LogP contribution < -0.4 is 9.47 Å². The number of H-pyrrole nitrogens is 2. The van der Waals surface area contributed by atoms with E-state index in [0.717, 1.165) is 64.6 Å². The van der Waals surface area contributed by atoms with Gasteiger partial charge in [-0.1, -0.05) is 13.8 Å². The van der Waals surface area contributed by atoms with Crippen LogP contribution in [0.1, 0.15) is 79.9 Å². The second kappa shape index (κ2) is 9.25. The number of ether oxygens (including phenoxy) is 2. The SMILES string of the molecule is CCc1c(C=O)[nH]c(C(c2cc(OC)ccc2OC)c2[nH]c(C=O)c(CC)c2C)c1C. The minimum atomic E-state index is -0.303. The maximum Gasteiger partial charge on any atom is 0.166 e. The van der Waals surface area contributed by atoms with Crippen LogP contribution in [0.2, 0.25) is 0 Å². The molecule has 0 fully saturated rings. The Hall–Kier alpha value is -3.28. The second-order valence-corrected chi connectivity index (χ2v) is 7.60. The van der Waals surface area contributed by atoms with E-state index in [1.807, 2.05) is 45.9 Å². The summed E-state index contributed by atoms with van der Waals surface area (Å²) in [4.78, 5) is 30.2. The minimum Gasteiger partial charge on any atom is -0.497 e. The molecule has 0 amide bonds. The van der Waals surface area contributed by atoms with Crippen LogP contribution >= 0.6 is 0 Å². The van der Waals surface area contributed by atoms with Crippen molar-refractivity contribution in [3.05, 3.63) is 68.8 Å². The number of aromatic nitrogens is 2. The fraction of sp³-hybridized carbons (Fsp3) is 0.360. The molecular formula is C25H30N2O4. The number of hydrogen-bond donors (Lipinski definition) is 2. The van der Waals surface area contributed by atoms with Crippen molar-refractivity contribution in [1.29, 1.82) is 0 Å². The maximum atomic E-state index is 11.8. The lowest BCUT2D eigenvalue weighted by Gasteiger charge is -2.22. The van der Waals surface area contributed by atoms with Crippen molar-refractivity contribution in [2.24, 2.45) is 0 Å². The van der Waals surface area contributed by atoms with E-state index in [9.17, 15) is 9.59 Å². The summed E-state index contributed by atoms with van der Waals surface area (Å²) in [5.74, 6) is 1.10. The van der Waals surface area contributed by atoms with E-state index in [0.29, 0.717) is 22.9 Å². The van der Waals surface area contributed by atoms with Gasteiger partial charge in [0.2, 0.25) is 0 Å². The topological polar surface area (TPSA) is 84.2 Å². The van der Waals surface area contributed by atoms with Crippen molar-refractivity contribution in [2.75, 3.05) is 14.2 Å². The number of carbonyl (C=O) groups excluding carboxylic acids is 2. The summed E-state index contributed by atoms with van der Waals surface area (Å²) in [5, 5.41) is 0. The summed E-state index contributed by atoms with van der Waals surface area (Å²) in [6, 6.07) is 5.67. The molecule has 2 N–H and O–H groups in total. The van der Waals surface area contributed by atoms with Gasteiger partial charge in [0.05, 0.1) is 31.5 Å². The molecule has 1 aromatic carbocycles. The molecule has 0 saturated carbocycles. The molecule has 0 atom stereocenters. The van der Waals surface area contributed by atoms with Gasteiger partial charge in [-0.2, -0.15) is 0 Å². The van der Waals surface area contributed by atoms with E-state index in [1.165, 1.54) is 0 Å². The van der Waals surface area contributed by atoms with Crippen LogP contribution in [0.5, 0.6) is 11.5 Å². The maximum absolute atomic E-state index is 11.8. The molecule has 0 spiro atoms. The van der Waals surface area contributed by atoms with Crippen molar-refractivity contribution in [3.63, 3.8) is 0 Å². The third kappa shape index (κ3) is 3.78. The summed E-state index contributed by atoms with van der Waals surface area (Å²) in [6.45, 7) is 8.12. The number of aromatic amines is 2. The Morgan fingerprint density at radius 3 is 1.74 bits per heavy atom. The van der Waals surface area contributed by atoms with Gasteiger partial charge in [-0.05, 0) is 67.1 Å². The first-order valence-electron chi connectivity index (χ1n) is 10.5. The van der Waals surface area contributed by atoms with Crippen molar-refractivity contribution >= 4 is 12.6 Å². The Labute approximate surface area is 183 Å². The van der Waals surface area contributed by atoms with Crippen molar-refractivity contribution in [1.82, 2.24) is 9.97 Å². The van der Waals surface area contributed by atoms with Crippen LogP contribution in [0.25, 0.3) is 0 Å². The number of carbonyl (C=O) groups is 2. The van der Waals surface area contributed by atoms with Gasteiger partial charge in [0.25, 0.3) is 0 Å². The van der Waals surface area contributed by atoms with Gasteiger partial charge in [0.15, 0.2) is 12.6 Å². The highest BCUT2D eigenvalue weighted by atomic mass is 16.5. The molecule has 6 heteroatoms. The summed E-state index contributed by atoms with van der Waals surface area (Å²) in [6.07, 6.45) is 3.21. The number of rotatable bonds is 9. The molecule has 0 unspecified atom stereocenters. The van der Waals surface area contributed by atoms with Crippen molar-refractivity contribution in [2.45, 2.75) is 46.5 Å². The predicted molar refractivity (Wildman–Crippen MR) is 121 cm³/mol. The number of nitrogens with one attached hydrogen (secondary N) is 2. The third-order valence-corrected chi connectivity index (χ3v) is 6.17. The number of aldehydes is 2.